The monoisotopic (exact) mass is 302 g/mol. The van der Waals surface area contributed by atoms with E-state index in [0.717, 1.165) is 35.6 Å². The van der Waals surface area contributed by atoms with Crippen LogP contribution in [-0.4, -0.2) is 19.3 Å². The molecule has 2 aromatic heterocycles. The molecule has 0 saturated heterocycles. The minimum Gasteiger partial charge on any atom is -0.312 e. The Morgan fingerprint density at radius 2 is 1.95 bits per heavy atom. The van der Waals surface area contributed by atoms with Crippen LogP contribution in [0.1, 0.15) is 22.6 Å². The Bertz CT molecular complexity index is 785. The van der Waals surface area contributed by atoms with E-state index < -0.39 is 0 Å². The number of aromatic nitrogens is 4. The number of nitrogens with zero attached hydrogens (tertiary/aromatic N) is 4. The summed E-state index contributed by atoms with van der Waals surface area (Å²) in [4.78, 5) is 4.63. The highest BCUT2D eigenvalue weighted by Gasteiger charge is 2.16. The lowest BCUT2D eigenvalue weighted by Crippen LogP contribution is -2.09. The molecule has 5 heteroatoms. The standard InChI is InChI=1S/C16H19ClN4/c1-11-6-4-5-7-13(11)8-9-21-14(10-17)18-15-12(2)19-20(3)16(15)21/h4-7H,8-10H2,1-3H3. The zero-order valence-corrected chi connectivity index (χ0v) is 13.4. The molecule has 3 rings (SSSR count). The largest absolute Gasteiger partial charge is 0.312 e. The van der Waals surface area contributed by atoms with Crippen LogP contribution >= 0.6 is 11.6 Å². The molecule has 0 unspecified atom stereocenters. The molecule has 0 aliphatic rings. The van der Waals surface area contributed by atoms with Crippen LogP contribution < -0.4 is 0 Å². The average molecular weight is 303 g/mol. The second kappa shape index (κ2) is 5.53. The number of rotatable bonds is 4. The van der Waals surface area contributed by atoms with E-state index in [1.807, 2.05) is 18.7 Å². The van der Waals surface area contributed by atoms with Gasteiger partial charge in [-0.25, -0.2) is 4.98 Å². The minimum atomic E-state index is 0.419. The van der Waals surface area contributed by atoms with Gasteiger partial charge in [-0.05, 0) is 31.4 Å². The Balaban J connectivity index is 1.98. The summed E-state index contributed by atoms with van der Waals surface area (Å²) in [6.45, 7) is 5.00. The number of hydrogen-bond acceptors (Lipinski definition) is 2. The highest BCUT2D eigenvalue weighted by Crippen LogP contribution is 2.21. The van der Waals surface area contributed by atoms with Gasteiger partial charge in [0.1, 0.15) is 11.3 Å². The molecule has 0 spiro atoms. The lowest BCUT2D eigenvalue weighted by atomic mass is 10.1. The molecule has 0 atom stereocenters. The number of imidazole rings is 1. The van der Waals surface area contributed by atoms with E-state index in [0.29, 0.717) is 5.88 Å². The number of halogens is 1. The van der Waals surface area contributed by atoms with Crippen molar-refractivity contribution >= 4 is 22.8 Å². The van der Waals surface area contributed by atoms with Crippen molar-refractivity contribution in [2.45, 2.75) is 32.7 Å². The van der Waals surface area contributed by atoms with Gasteiger partial charge in [0.2, 0.25) is 0 Å². The molecule has 3 aromatic rings. The van der Waals surface area contributed by atoms with Crippen molar-refractivity contribution in [3.05, 3.63) is 46.9 Å². The van der Waals surface area contributed by atoms with E-state index in [1.165, 1.54) is 11.1 Å². The van der Waals surface area contributed by atoms with Crippen LogP contribution in [0.25, 0.3) is 11.2 Å². The lowest BCUT2D eigenvalue weighted by Gasteiger charge is -2.10. The summed E-state index contributed by atoms with van der Waals surface area (Å²) in [5.74, 6) is 1.33. The van der Waals surface area contributed by atoms with Gasteiger partial charge in [-0.2, -0.15) is 5.10 Å². The van der Waals surface area contributed by atoms with Gasteiger partial charge in [0.05, 0.1) is 11.6 Å². The van der Waals surface area contributed by atoms with Gasteiger partial charge in [-0.15, -0.1) is 11.6 Å². The fourth-order valence-electron chi connectivity index (χ4n) is 2.84. The molecule has 0 bridgehead atoms. The molecule has 4 nitrogen and oxygen atoms in total. The Morgan fingerprint density at radius 1 is 1.19 bits per heavy atom. The zero-order valence-electron chi connectivity index (χ0n) is 12.6. The maximum atomic E-state index is 6.07. The van der Waals surface area contributed by atoms with Crippen LogP contribution in [0.3, 0.4) is 0 Å². The molecule has 0 aliphatic carbocycles. The number of hydrogen-bond donors (Lipinski definition) is 0. The predicted octanol–water partition coefficient (Wildman–Crippen LogP) is 3.37. The van der Waals surface area contributed by atoms with Crippen molar-refractivity contribution in [3.63, 3.8) is 0 Å². The number of alkyl halides is 1. The molecule has 1 aromatic carbocycles. The number of aryl methyl sites for hydroxylation is 5. The van der Waals surface area contributed by atoms with Crippen molar-refractivity contribution in [3.8, 4) is 0 Å². The summed E-state index contributed by atoms with van der Waals surface area (Å²) < 4.78 is 4.08. The highest BCUT2D eigenvalue weighted by atomic mass is 35.5. The molecule has 0 amide bonds. The molecule has 0 saturated carbocycles. The third-order valence-corrected chi connectivity index (χ3v) is 4.19. The maximum absolute atomic E-state index is 6.07. The van der Waals surface area contributed by atoms with Crippen LogP contribution in [0.4, 0.5) is 0 Å². The molecule has 0 aliphatic heterocycles. The molecule has 0 fully saturated rings. The Kier molecular flexibility index (Phi) is 3.72. The summed E-state index contributed by atoms with van der Waals surface area (Å²) in [5.41, 5.74) is 5.64. The lowest BCUT2D eigenvalue weighted by molar-refractivity contribution is 0.650. The molecule has 0 N–H and O–H groups in total. The van der Waals surface area contributed by atoms with Gasteiger partial charge in [0.15, 0.2) is 5.65 Å². The third-order valence-electron chi connectivity index (χ3n) is 3.95. The Hall–Kier alpha value is -1.81. The third kappa shape index (κ3) is 2.44. The van der Waals surface area contributed by atoms with E-state index in [-0.39, 0.29) is 0 Å². The van der Waals surface area contributed by atoms with E-state index in [9.17, 15) is 0 Å². The summed E-state index contributed by atoms with van der Waals surface area (Å²) in [6, 6.07) is 8.49. The second-order valence-electron chi connectivity index (χ2n) is 5.37. The second-order valence-corrected chi connectivity index (χ2v) is 5.64. The van der Waals surface area contributed by atoms with Crippen LogP contribution in [0.2, 0.25) is 0 Å². The van der Waals surface area contributed by atoms with Crippen molar-refractivity contribution in [1.29, 1.82) is 0 Å². The minimum absolute atomic E-state index is 0.419. The summed E-state index contributed by atoms with van der Waals surface area (Å²) in [5, 5.41) is 4.45. The van der Waals surface area contributed by atoms with E-state index in [2.05, 4.69) is 45.8 Å². The first-order valence-electron chi connectivity index (χ1n) is 7.11. The Labute approximate surface area is 129 Å². The van der Waals surface area contributed by atoms with Gasteiger partial charge in [-0.3, -0.25) is 4.68 Å². The summed E-state index contributed by atoms with van der Waals surface area (Å²) >= 11 is 6.07. The van der Waals surface area contributed by atoms with Gasteiger partial charge < -0.3 is 4.57 Å². The first-order valence-corrected chi connectivity index (χ1v) is 7.64. The van der Waals surface area contributed by atoms with Crippen LogP contribution in [0, 0.1) is 13.8 Å². The molecular weight excluding hydrogens is 284 g/mol. The number of fused-ring (bicyclic) bond motifs is 1. The predicted molar refractivity (Wildman–Crippen MR) is 85.7 cm³/mol. The number of benzene rings is 1. The van der Waals surface area contributed by atoms with Crippen molar-refractivity contribution in [2.24, 2.45) is 7.05 Å². The van der Waals surface area contributed by atoms with Gasteiger partial charge in [0.25, 0.3) is 0 Å². The topological polar surface area (TPSA) is 35.6 Å². The smallest absolute Gasteiger partial charge is 0.158 e. The van der Waals surface area contributed by atoms with Crippen LogP contribution in [0.15, 0.2) is 24.3 Å². The normalized spacial score (nSPS) is 11.4. The molecule has 110 valence electrons. The van der Waals surface area contributed by atoms with E-state index in [1.54, 1.807) is 0 Å². The fourth-order valence-corrected chi connectivity index (χ4v) is 3.04. The molecular formula is C16H19ClN4. The highest BCUT2D eigenvalue weighted by molar-refractivity contribution is 6.16. The summed E-state index contributed by atoms with van der Waals surface area (Å²) in [6.07, 6.45) is 0.965. The Morgan fingerprint density at radius 3 is 2.67 bits per heavy atom. The van der Waals surface area contributed by atoms with Gasteiger partial charge >= 0.3 is 0 Å². The van der Waals surface area contributed by atoms with Crippen molar-refractivity contribution < 1.29 is 0 Å². The van der Waals surface area contributed by atoms with Crippen LogP contribution in [-0.2, 0) is 25.9 Å². The molecule has 2 heterocycles. The zero-order chi connectivity index (χ0) is 15.0. The average Bonchev–Trinajstić information content (AvgIpc) is 2.97. The molecule has 0 radical (unpaired) electrons. The SMILES string of the molecule is Cc1ccccc1CCn1c(CCl)nc2c(C)nn(C)c21. The summed E-state index contributed by atoms with van der Waals surface area (Å²) in [7, 11) is 1.96. The van der Waals surface area contributed by atoms with E-state index in [4.69, 9.17) is 11.6 Å². The van der Waals surface area contributed by atoms with Gasteiger partial charge in [-0.1, -0.05) is 24.3 Å². The van der Waals surface area contributed by atoms with Crippen LogP contribution in [0.5, 0.6) is 0 Å². The molecule has 21 heavy (non-hydrogen) atoms. The maximum Gasteiger partial charge on any atom is 0.158 e. The first kappa shape index (κ1) is 14.1. The van der Waals surface area contributed by atoms with Crippen molar-refractivity contribution in [1.82, 2.24) is 19.3 Å². The fraction of sp³-hybridized carbons (Fsp3) is 0.375. The van der Waals surface area contributed by atoms with Crippen molar-refractivity contribution in [2.75, 3.05) is 0 Å². The van der Waals surface area contributed by atoms with Gasteiger partial charge in [0, 0.05) is 13.6 Å². The first-order chi connectivity index (χ1) is 10.1. The van der Waals surface area contributed by atoms with E-state index >= 15 is 0 Å². The quantitative estimate of drug-likeness (QED) is 0.693.